The van der Waals surface area contributed by atoms with Gasteiger partial charge < -0.3 is 15.4 Å². The molecule has 2 aromatic heterocycles. The van der Waals surface area contributed by atoms with E-state index in [1.165, 1.54) is 6.33 Å². The molecule has 6 heteroatoms. The SMILES string of the molecule is CNc1ncnc2[nH]cc(-c3cc(O)cc(I)c3)c12. The number of halogens is 1. The smallest absolute Gasteiger partial charge is 0.143 e. The van der Waals surface area contributed by atoms with E-state index in [4.69, 9.17) is 0 Å². The number of fused-ring (bicyclic) bond motifs is 1. The van der Waals surface area contributed by atoms with Gasteiger partial charge in [0.1, 0.15) is 23.5 Å². The highest BCUT2D eigenvalue weighted by Gasteiger charge is 2.12. The zero-order valence-corrected chi connectivity index (χ0v) is 12.3. The molecule has 5 nitrogen and oxygen atoms in total. The monoisotopic (exact) mass is 366 g/mol. The summed E-state index contributed by atoms with van der Waals surface area (Å²) < 4.78 is 0.977. The van der Waals surface area contributed by atoms with Gasteiger partial charge in [0.15, 0.2) is 0 Å². The first-order valence-corrected chi connectivity index (χ1v) is 6.76. The summed E-state index contributed by atoms with van der Waals surface area (Å²) in [6.07, 6.45) is 3.39. The molecule has 0 bridgehead atoms. The van der Waals surface area contributed by atoms with Crippen LogP contribution < -0.4 is 5.32 Å². The highest BCUT2D eigenvalue weighted by molar-refractivity contribution is 14.1. The third-order valence-electron chi connectivity index (χ3n) is 2.90. The Bertz CT molecular complexity index is 733. The Kier molecular flexibility index (Phi) is 3.02. The quantitative estimate of drug-likeness (QED) is 0.610. The van der Waals surface area contributed by atoms with E-state index in [0.717, 1.165) is 31.5 Å². The van der Waals surface area contributed by atoms with Crippen molar-refractivity contribution in [2.24, 2.45) is 0 Å². The minimum absolute atomic E-state index is 0.249. The summed E-state index contributed by atoms with van der Waals surface area (Å²) in [4.78, 5) is 11.6. The first-order chi connectivity index (χ1) is 9.19. The van der Waals surface area contributed by atoms with Crippen LogP contribution >= 0.6 is 22.6 Å². The van der Waals surface area contributed by atoms with Crippen molar-refractivity contribution in [2.45, 2.75) is 0 Å². The second kappa shape index (κ2) is 4.69. The lowest BCUT2D eigenvalue weighted by Crippen LogP contribution is -1.94. The second-order valence-corrected chi connectivity index (χ2v) is 5.34. The number of aromatic nitrogens is 3. The van der Waals surface area contributed by atoms with Crippen LogP contribution in [0.2, 0.25) is 0 Å². The van der Waals surface area contributed by atoms with E-state index in [0.29, 0.717) is 0 Å². The highest BCUT2D eigenvalue weighted by atomic mass is 127. The van der Waals surface area contributed by atoms with Gasteiger partial charge in [-0.3, -0.25) is 0 Å². The Morgan fingerprint density at radius 3 is 2.84 bits per heavy atom. The molecule has 3 N–H and O–H groups in total. The fourth-order valence-electron chi connectivity index (χ4n) is 2.11. The molecular weight excluding hydrogens is 355 g/mol. The molecule has 0 aliphatic heterocycles. The Morgan fingerprint density at radius 1 is 1.26 bits per heavy atom. The van der Waals surface area contributed by atoms with Gasteiger partial charge in [-0.15, -0.1) is 0 Å². The minimum Gasteiger partial charge on any atom is -0.508 e. The molecule has 0 atom stereocenters. The number of nitrogens with one attached hydrogen (secondary N) is 2. The van der Waals surface area contributed by atoms with E-state index in [1.54, 1.807) is 12.1 Å². The zero-order chi connectivity index (χ0) is 13.4. The van der Waals surface area contributed by atoms with Crippen LogP contribution in [0.25, 0.3) is 22.2 Å². The van der Waals surface area contributed by atoms with Gasteiger partial charge in [0.2, 0.25) is 0 Å². The normalized spacial score (nSPS) is 10.8. The van der Waals surface area contributed by atoms with Crippen LogP contribution in [0, 0.1) is 3.57 Å². The van der Waals surface area contributed by atoms with Gasteiger partial charge >= 0.3 is 0 Å². The van der Waals surface area contributed by atoms with Crippen molar-refractivity contribution in [1.82, 2.24) is 15.0 Å². The summed E-state index contributed by atoms with van der Waals surface area (Å²) in [5.41, 5.74) is 2.67. The molecular formula is C13H11IN4O. The highest BCUT2D eigenvalue weighted by Crippen LogP contribution is 2.34. The number of nitrogens with zero attached hydrogens (tertiary/aromatic N) is 2. The Balaban J connectivity index is 2.30. The molecule has 3 aromatic rings. The molecule has 1 aromatic carbocycles. The van der Waals surface area contributed by atoms with E-state index in [1.807, 2.05) is 19.3 Å². The molecule has 0 saturated heterocycles. The first-order valence-electron chi connectivity index (χ1n) is 5.69. The third kappa shape index (κ3) is 2.12. The number of hydrogen-bond acceptors (Lipinski definition) is 4. The van der Waals surface area contributed by atoms with E-state index >= 15 is 0 Å². The van der Waals surface area contributed by atoms with Gasteiger partial charge in [-0.05, 0) is 46.4 Å². The number of aromatic hydroxyl groups is 1. The maximum atomic E-state index is 9.73. The van der Waals surface area contributed by atoms with Gasteiger partial charge in [-0.2, -0.15) is 0 Å². The largest absolute Gasteiger partial charge is 0.508 e. The molecule has 0 radical (unpaired) electrons. The predicted molar refractivity (Wildman–Crippen MR) is 83.3 cm³/mol. The molecule has 96 valence electrons. The molecule has 0 saturated carbocycles. The molecule has 0 fully saturated rings. The van der Waals surface area contributed by atoms with Gasteiger partial charge in [-0.25, -0.2) is 9.97 Å². The number of aromatic amines is 1. The van der Waals surface area contributed by atoms with Crippen molar-refractivity contribution in [3.8, 4) is 16.9 Å². The Labute approximate surface area is 123 Å². The Hall–Kier alpha value is -1.83. The molecule has 0 amide bonds. The number of anilines is 1. The molecule has 19 heavy (non-hydrogen) atoms. The van der Waals surface area contributed by atoms with Crippen molar-refractivity contribution in [3.05, 3.63) is 34.3 Å². The zero-order valence-electron chi connectivity index (χ0n) is 10.1. The van der Waals surface area contributed by atoms with E-state index in [9.17, 15) is 5.11 Å². The summed E-state index contributed by atoms with van der Waals surface area (Å²) in [6, 6.07) is 5.46. The minimum atomic E-state index is 0.249. The molecule has 0 unspecified atom stereocenters. The van der Waals surface area contributed by atoms with Gasteiger partial charge in [0, 0.05) is 22.4 Å². The predicted octanol–water partition coefficient (Wildman–Crippen LogP) is 2.98. The number of phenolic OH excluding ortho intramolecular Hbond substituents is 1. The second-order valence-electron chi connectivity index (χ2n) is 4.10. The molecule has 2 heterocycles. The van der Waals surface area contributed by atoms with Crippen LogP contribution in [0.1, 0.15) is 0 Å². The lowest BCUT2D eigenvalue weighted by molar-refractivity contribution is 0.475. The lowest BCUT2D eigenvalue weighted by atomic mass is 10.1. The van der Waals surface area contributed by atoms with Crippen molar-refractivity contribution >= 4 is 39.4 Å². The standard InChI is InChI=1S/C13H11IN4O/c1-15-12-11-10(5-16-13(11)18-6-17-12)7-2-8(14)4-9(19)3-7/h2-6,19H,1H3,(H2,15,16,17,18). The summed E-state index contributed by atoms with van der Waals surface area (Å²) in [5.74, 6) is 1.01. The van der Waals surface area contributed by atoms with Crippen LogP contribution in [0.15, 0.2) is 30.7 Å². The lowest BCUT2D eigenvalue weighted by Gasteiger charge is -2.05. The van der Waals surface area contributed by atoms with Gasteiger partial charge in [0.05, 0.1) is 5.39 Å². The van der Waals surface area contributed by atoms with Gasteiger partial charge in [0.25, 0.3) is 0 Å². The molecule has 0 aliphatic carbocycles. The fraction of sp³-hybridized carbons (Fsp3) is 0.0769. The number of phenols is 1. The van der Waals surface area contributed by atoms with Gasteiger partial charge in [-0.1, -0.05) is 0 Å². The maximum Gasteiger partial charge on any atom is 0.143 e. The van der Waals surface area contributed by atoms with Crippen LogP contribution in [-0.4, -0.2) is 27.1 Å². The number of rotatable bonds is 2. The Morgan fingerprint density at radius 2 is 2.11 bits per heavy atom. The van der Waals surface area contributed by atoms with E-state index < -0.39 is 0 Å². The van der Waals surface area contributed by atoms with Crippen LogP contribution in [0.3, 0.4) is 0 Å². The van der Waals surface area contributed by atoms with E-state index in [2.05, 4.69) is 42.9 Å². The topological polar surface area (TPSA) is 73.8 Å². The van der Waals surface area contributed by atoms with Crippen LogP contribution in [-0.2, 0) is 0 Å². The van der Waals surface area contributed by atoms with E-state index in [-0.39, 0.29) is 5.75 Å². The van der Waals surface area contributed by atoms with Crippen molar-refractivity contribution in [1.29, 1.82) is 0 Å². The fourth-order valence-corrected chi connectivity index (χ4v) is 2.76. The van der Waals surface area contributed by atoms with Crippen molar-refractivity contribution in [3.63, 3.8) is 0 Å². The third-order valence-corrected chi connectivity index (χ3v) is 3.52. The average Bonchev–Trinajstić information content (AvgIpc) is 2.81. The first kappa shape index (κ1) is 12.2. The number of hydrogen-bond donors (Lipinski definition) is 3. The summed E-state index contributed by atoms with van der Waals surface area (Å²) in [6.45, 7) is 0. The van der Waals surface area contributed by atoms with Crippen molar-refractivity contribution < 1.29 is 5.11 Å². The van der Waals surface area contributed by atoms with Crippen LogP contribution in [0.4, 0.5) is 5.82 Å². The summed E-state index contributed by atoms with van der Waals surface area (Å²) in [5, 5.41) is 13.7. The van der Waals surface area contributed by atoms with Crippen LogP contribution in [0.5, 0.6) is 5.75 Å². The summed E-state index contributed by atoms with van der Waals surface area (Å²) in [7, 11) is 1.82. The maximum absolute atomic E-state index is 9.73. The molecule has 3 rings (SSSR count). The average molecular weight is 366 g/mol. The molecule has 0 spiro atoms. The number of H-pyrrole nitrogens is 1. The summed E-state index contributed by atoms with van der Waals surface area (Å²) >= 11 is 2.18. The number of benzene rings is 1. The van der Waals surface area contributed by atoms with Crippen molar-refractivity contribution in [2.75, 3.05) is 12.4 Å². The molecule has 0 aliphatic rings.